The first kappa shape index (κ1) is 17.0. The molecule has 1 saturated heterocycles. The predicted molar refractivity (Wildman–Crippen MR) is 94.5 cm³/mol. The molecule has 2 fully saturated rings. The van der Waals surface area contributed by atoms with Crippen molar-refractivity contribution in [2.75, 3.05) is 26.7 Å². The van der Waals surface area contributed by atoms with Crippen LogP contribution in [0.1, 0.15) is 35.7 Å². The summed E-state index contributed by atoms with van der Waals surface area (Å²) in [5, 5.41) is 9.35. The van der Waals surface area contributed by atoms with Crippen LogP contribution in [0.5, 0.6) is 5.75 Å². The van der Waals surface area contributed by atoms with Gasteiger partial charge in [0.05, 0.1) is 12.1 Å². The maximum absolute atomic E-state index is 14.5. The van der Waals surface area contributed by atoms with E-state index in [1.165, 1.54) is 12.3 Å². The lowest BCUT2D eigenvalue weighted by Crippen LogP contribution is -2.20. The fourth-order valence-electron chi connectivity index (χ4n) is 3.64. The van der Waals surface area contributed by atoms with Gasteiger partial charge < -0.3 is 19.3 Å². The molecule has 1 saturated carbocycles. The van der Waals surface area contributed by atoms with Crippen LogP contribution in [0.4, 0.5) is 4.39 Å². The van der Waals surface area contributed by atoms with Gasteiger partial charge in [0.1, 0.15) is 5.56 Å². The van der Waals surface area contributed by atoms with Gasteiger partial charge in [-0.2, -0.15) is 0 Å². The van der Waals surface area contributed by atoms with Gasteiger partial charge in [-0.25, -0.2) is 9.18 Å². The number of aromatic carboxylic acids is 1. The van der Waals surface area contributed by atoms with E-state index in [9.17, 15) is 19.1 Å². The maximum Gasteiger partial charge on any atom is 0.341 e. The van der Waals surface area contributed by atoms with Gasteiger partial charge in [0.2, 0.25) is 5.43 Å². The number of benzene rings is 1. The third-order valence-electron chi connectivity index (χ3n) is 5.22. The minimum Gasteiger partial charge on any atom is -0.490 e. The Morgan fingerprint density at radius 1 is 1.35 bits per heavy atom. The number of aromatic nitrogens is 1. The second-order valence-electron chi connectivity index (χ2n) is 7.34. The van der Waals surface area contributed by atoms with Crippen LogP contribution in [-0.2, 0) is 0 Å². The first-order valence-corrected chi connectivity index (χ1v) is 8.87. The normalized spacial score (nSPS) is 20.6. The lowest BCUT2D eigenvalue weighted by molar-refractivity contribution is 0.0695. The molecular formula is C19H21FN2O4. The summed E-state index contributed by atoms with van der Waals surface area (Å²) in [5.74, 6) is -1.46. The predicted octanol–water partition coefficient (Wildman–Crippen LogP) is 2.50. The number of carboxylic acid groups (broad SMARTS) is 1. The van der Waals surface area contributed by atoms with Crippen LogP contribution in [0.15, 0.2) is 23.1 Å². The summed E-state index contributed by atoms with van der Waals surface area (Å²) in [4.78, 5) is 26.0. The molecule has 0 bridgehead atoms. The standard InChI is InChI=1S/C19H21FN2O4/c1-21-5-4-11(8-21)10-26-17-7-16-13(6-15(17)20)18(23)14(19(24)25)9-22(16)12-2-3-12/h6-7,9,11-12H,2-5,8,10H2,1H3,(H,24,25). The molecule has 1 aromatic heterocycles. The van der Waals surface area contributed by atoms with Gasteiger partial charge in [0.25, 0.3) is 0 Å². The minimum atomic E-state index is -1.29. The molecule has 4 rings (SSSR count). The van der Waals surface area contributed by atoms with E-state index >= 15 is 0 Å². The zero-order valence-corrected chi connectivity index (χ0v) is 14.6. The number of nitrogens with zero attached hydrogens (tertiary/aromatic N) is 2. The zero-order chi connectivity index (χ0) is 18.4. The Kier molecular flexibility index (Phi) is 4.19. The van der Waals surface area contributed by atoms with Crippen molar-refractivity contribution in [2.45, 2.75) is 25.3 Å². The molecular weight excluding hydrogens is 339 g/mol. The van der Waals surface area contributed by atoms with E-state index in [2.05, 4.69) is 4.90 Å². The summed E-state index contributed by atoms with van der Waals surface area (Å²) in [6.45, 7) is 2.35. The van der Waals surface area contributed by atoms with Crippen molar-refractivity contribution in [2.24, 2.45) is 5.92 Å². The number of rotatable bonds is 5. The van der Waals surface area contributed by atoms with Gasteiger partial charge in [0.15, 0.2) is 11.6 Å². The number of hydrogen-bond donors (Lipinski definition) is 1. The third-order valence-corrected chi connectivity index (χ3v) is 5.22. The van der Waals surface area contributed by atoms with Crippen molar-refractivity contribution < 1.29 is 19.0 Å². The molecule has 2 aliphatic rings. The van der Waals surface area contributed by atoms with Crippen LogP contribution in [0.25, 0.3) is 10.9 Å². The highest BCUT2D eigenvalue weighted by Crippen LogP contribution is 2.38. The average molecular weight is 360 g/mol. The van der Waals surface area contributed by atoms with E-state index in [0.29, 0.717) is 18.0 Å². The summed E-state index contributed by atoms with van der Waals surface area (Å²) in [7, 11) is 2.05. The Balaban J connectivity index is 1.73. The minimum absolute atomic E-state index is 0.0854. The summed E-state index contributed by atoms with van der Waals surface area (Å²) >= 11 is 0. The third kappa shape index (κ3) is 3.07. The monoisotopic (exact) mass is 360 g/mol. The number of ether oxygens (including phenoxy) is 1. The Hall–Kier alpha value is -2.41. The smallest absolute Gasteiger partial charge is 0.341 e. The molecule has 138 valence electrons. The average Bonchev–Trinajstić information content (AvgIpc) is 3.35. The van der Waals surface area contributed by atoms with Crippen molar-refractivity contribution in [3.05, 3.63) is 39.9 Å². The molecule has 2 aromatic rings. The summed E-state index contributed by atoms with van der Waals surface area (Å²) in [6, 6.07) is 2.80. The molecule has 0 spiro atoms. The number of hydrogen-bond acceptors (Lipinski definition) is 4. The van der Waals surface area contributed by atoms with Crippen LogP contribution in [0.2, 0.25) is 0 Å². The Labute approximate surface area is 149 Å². The quantitative estimate of drug-likeness (QED) is 0.887. The van der Waals surface area contributed by atoms with Gasteiger partial charge in [-0.15, -0.1) is 0 Å². The SMILES string of the molecule is CN1CCC(COc2cc3c(cc2F)c(=O)c(C(=O)O)cn3C2CC2)C1. The molecule has 6 nitrogen and oxygen atoms in total. The van der Waals surface area contributed by atoms with Gasteiger partial charge in [-0.3, -0.25) is 4.79 Å². The Bertz CT molecular complexity index is 935. The van der Waals surface area contributed by atoms with Crippen LogP contribution >= 0.6 is 0 Å². The maximum atomic E-state index is 14.5. The molecule has 1 aliphatic carbocycles. The molecule has 1 unspecified atom stereocenters. The number of halogens is 1. The summed E-state index contributed by atoms with van der Waals surface area (Å²) < 4.78 is 22.0. The van der Waals surface area contributed by atoms with E-state index in [0.717, 1.165) is 38.4 Å². The molecule has 1 aliphatic heterocycles. The van der Waals surface area contributed by atoms with Crippen molar-refractivity contribution >= 4 is 16.9 Å². The van der Waals surface area contributed by atoms with E-state index in [-0.39, 0.29) is 22.7 Å². The number of carboxylic acids is 1. The van der Waals surface area contributed by atoms with E-state index in [4.69, 9.17) is 4.74 Å². The van der Waals surface area contributed by atoms with Gasteiger partial charge in [-0.05, 0) is 38.9 Å². The van der Waals surface area contributed by atoms with Gasteiger partial charge in [-0.1, -0.05) is 0 Å². The van der Waals surface area contributed by atoms with Crippen molar-refractivity contribution in [1.82, 2.24) is 9.47 Å². The Morgan fingerprint density at radius 3 is 2.73 bits per heavy atom. The first-order valence-electron chi connectivity index (χ1n) is 8.87. The van der Waals surface area contributed by atoms with E-state index < -0.39 is 17.2 Å². The number of carbonyl (C=O) groups is 1. The zero-order valence-electron chi connectivity index (χ0n) is 14.6. The Morgan fingerprint density at radius 2 is 2.12 bits per heavy atom. The first-order chi connectivity index (χ1) is 12.4. The fraction of sp³-hybridized carbons (Fsp3) is 0.474. The highest BCUT2D eigenvalue weighted by Gasteiger charge is 2.28. The van der Waals surface area contributed by atoms with Crippen LogP contribution in [0.3, 0.4) is 0 Å². The topological polar surface area (TPSA) is 71.8 Å². The van der Waals surface area contributed by atoms with Crippen LogP contribution in [-0.4, -0.2) is 47.3 Å². The molecule has 0 radical (unpaired) electrons. The highest BCUT2D eigenvalue weighted by molar-refractivity contribution is 5.93. The van der Waals surface area contributed by atoms with E-state index in [1.54, 1.807) is 4.57 Å². The van der Waals surface area contributed by atoms with Crippen molar-refractivity contribution in [1.29, 1.82) is 0 Å². The molecule has 1 N–H and O–H groups in total. The van der Waals surface area contributed by atoms with Crippen molar-refractivity contribution in [3.8, 4) is 5.75 Å². The highest BCUT2D eigenvalue weighted by atomic mass is 19.1. The molecule has 0 amide bonds. The second-order valence-corrected chi connectivity index (χ2v) is 7.34. The summed E-state index contributed by atoms with van der Waals surface area (Å²) in [5.41, 5.74) is -0.457. The molecule has 7 heteroatoms. The molecule has 2 heterocycles. The number of fused-ring (bicyclic) bond motifs is 1. The van der Waals surface area contributed by atoms with Crippen LogP contribution in [0, 0.1) is 11.7 Å². The van der Waals surface area contributed by atoms with E-state index in [1.807, 2.05) is 7.05 Å². The van der Waals surface area contributed by atoms with Gasteiger partial charge >= 0.3 is 5.97 Å². The van der Waals surface area contributed by atoms with Crippen LogP contribution < -0.4 is 10.2 Å². The van der Waals surface area contributed by atoms with Crippen molar-refractivity contribution in [3.63, 3.8) is 0 Å². The second kappa shape index (κ2) is 6.39. The number of pyridine rings is 1. The molecule has 26 heavy (non-hydrogen) atoms. The fourth-order valence-corrected chi connectivity index (χ4v) is 3.64. The van der Waals surface area contributed by atoms with Gasteiger partial charge in [0, 0.05) is 36.2 Å². The lowest BCUT2D eigenvalue weighted by atomic mass is 10.1. The molecule has 1 aromatic carbocycles. The molecule has 1 atom stereocenters. The lowest BCUT2D eigenvalue weighted by Gasteiger charge is -2.16. The largest absolute Gasteiger partial charge is 0.490 e. The summed E-state index contributed by atoms with van der Waals surface area (Å²) in [6.07, 6.45) is 4.22. The number of likely N-dealkylation sites (tertiary alicyclic amines) is 1.